The van der Waals surface area contributed by atoms with Crippen molar-refractivity contribution in [1.29, 1.82) is 0 Å². The van der Waals surface area contributed by atoms with Crippen LogP contribution in [0, 0.1) is 13.8 Å². The fourth-order valence-corrected chi connectivity index (χ4v) is 3.80. The lowest BCUT2D eigenvalue weighted by Gasteiger charge is -2.39. The van der Waals surface area contributed by atoms with Gasteiger partial charge in [0.25, 0.3) is 0 Å². The number of hydrogen-bond donors (Lipinski definition) is 1. The Morgan fingerprint density at radius 2 is 2.18 bits per heavy atom. The molecule has 0 aromatic carbocycles. The highest BCUT2D eigenvalue weighted by atomic mass is 127. The number of rotatable bonds is 3. The lowest BCUT2D eigenvalue weighted by atomic mass is 10.1. The highest BCUT2D eigenvalue weighted by Crippen LogP contribution is 2.29. The number of guanidine groups is 1. The van der Waals surface area contributed by atoms with Gasteiger partial charge in [-0.2, -0.15) is 11.8 Å². The molecule has 0 saturated carbocycles. The quantitative estimate of drug-likeness (QED) is 0.447. The van der Waals surface area contributed by atoms with Gasteiger partial charge >= 0.3 is 0 Å². The van der Waals surface area contributed by atoms with Crippen molar-refractivity contribution in [3.8, 4) is 0 Å². The second kappa shape index (κ2) is 8.42. The topological polar surface area (TPSA) is 53.7 Å². The van der Waals surface area contributed by atoms with Crippen molar-refractivity contribution in [3.63, 3.8) is 0 Å². The van der Waals surface area contributed by atoms with Crippen molar-refractivity contribution in [2.75, 3.05) is 32.4 Å². The molecular weight excluding hydrogens is 411 g/mol. The van der Waals surface area contributed by atoms with E-state index in [0.29, 0.717) is 0 Å². The molecule has 1 fully saturated rings. The summed E-state index contributed by atoms with van der Waals surface area (Å²) >= 11 is 2.03. The maximum atomic E-state index is 5.20. The molecule has 0 unspecified atom stereocenters. The molecule has 22 heavy (non-hydrogen) atoms. The molecule has 126 valence electrons. The first-order valence-electron chi connectivity index (χ1n) is 7.44. The van der Waals surface area contributed by atoms with E-state index < -0.39 is 0 Å². The van der Waals surface area contributed by atoms with Gasteiger partial charge in [0.2, 0.25) is 0 Å². The second-order valence-electron chi connectivity index (χ2n) is 6.06. The van der Waals surface area contributed by atoms with Crippen molar-refractivity contribution >= 4 is 41.7 Å². The number of aromatic nitrogens is 1. The average Bonchev–Trinajstić information content (AvgIpc) is 2.74. The molecule has 7 heteroatoms. The minimum absolute atomic E-state index is 0. The van der Waals surface area contributed by atoms with Gasteiger partial charge in [0.1, 0.15) is 5.76 Å². The lowest BCUT2D eigenvalue weighted by Crippen LogP contribution is -2.51. The van der Waals surface area contributed by atoms with Crippen LogP contribution in [0.3, 0.4) is 0 Å². The maximum absolute atomic E-state index is 5.20. The highest BCUT2D eigenvalue weighted by Gasteiger charge is 2.28. The Hall–Kier alpha value is -0.440. The molecule has 0 amide bonds. The smallest absolute Gasteiger partial charge is 0.193 e. The van der Waals surface area contributed by atoms with Gasteiger partial charge < -0.3 is 14.7 Å². The SMILES string of the molecule is CN=C(NCCc1c(C)noc1C)N1CCSC(C)(C)C1.I. The van der Waals surface area contributed by atoms with Gasteiger partial charge in [0.05, 0.1) is 5.69 Å². The predicted octanol–water partition coefficient (Wildman–Crippen LogP) is 2.85. The standard InChI is InChI=1S/C15H26N4OS.HI/c1-11-13(12(2)20-18-11)6-7-17-14(16-5)19-8-9-21-15(3,4)10-19;/h6-10H2,1-5H3,(H,16,17);1H. The van der Waals surface area contributed by atoms with Crippen LogP contribution in [0.25, 0.3) is 0 Å². The molecule has 1 aromatic heterocycles. The molecule has 2 rings (SSSR count). The van der Waals surface area contributed by atoms with Gasteiger partial charge in [-0.3, -0.25) is 4.99 Å². The molecule has 0 spiro atoms. The van der Waals surface area contributed by atoms with Crippen LogP contribution in [-0.4, -0.2) is 53.2 Å². The Bertz CT molecular complexity index is 496. The zero-order valence-electron chi connectivity index (χ0n) is 14.1. The van der Waals surface area contributed by atoms with Gasteiger partial charge in [-0.1, -0.05) is 5.16 Å². The first-order valence-corrected chi connectivity index (χ1v) is 8.43. The summed E-state index contributed by atoms with van der Waals surface area (Å²) in [4.78, 5) is 6.78. The highest BCUT2D eigenvalue weighted by molar-refractivity contribution is 14.0. The summed E-state index contributed by atoms with van der Waals surface area (Å²) in [6.45, 7) is 11.5. The van der Waals surface area contributed by atoms with E-state index in [0.717, 1.165) is 49.2 Å². The van der Waals surface area contributed by atoms with E-state index in [1.165, 1.54) is 5.56 Å². The number of halogens is 1. The lowest BCUT2D eigenvalue weighted by molar-refractivity contribution is 0.376. The van der Waals surface area contributed by atoms with E-state index in [1.807, 2.05) is 32.7 Å². The summed E-state index contributed by atoms with van der Waals surface area (Å²) < 4.78 is 5.49. The summed E-state index contributed by atoms with van der Waals surface area (Å²) in [7, 11) is 1.85. The number of aliphatic imine (C=N–C) groups is 1. The summed E-state index contributed by atoms with van der Waals surface area (Å²) in [6.07, 6.45) is 0.909. The van der Waals surface area contributed by atoms with Gasteiger partial charge in [-0.15, -0.1) is 24.0 Å². The molecule has 1 aliphatic heterocycles. The van der Waals surface area contributed by atoms with Crippen molar-refractivity contribution in [1.82, 2.24) is 15.4 Å². The predicted molar refractivity (Wildman–Crippen MR) is 105 cm³/mol. The monoisotopic (exact) mass is 438 g/mol. The van der Waals surface area contributed by atoms with Crippen LogP contribution < -0.4 is 5.32 Å². The zero-order chi connectivity index (χ0) is 15.5. The van der Waals surface area contributed by atoms with Crippen LogP contribution in [0.1, 0.15) is 30.9 Å². The summed E-state index contributed by atoms with van der Waals surface area (Å²) in [6, 6.07) is 0. The van der Waals surface area contributed by atoms with E-state index in [1.54, 1.807) is 0 Å². The van der Waals surface area contributed by atoms with E-state index in [2.05, 4.69) is 34.2 Å². The van der Waals surface area contributed by atoms with Crippen LogP contribution in [0.5, 0.6) is 0 Å². The fraction of sp³-hybridized carbons (Fsp3) is 0.733. The molecular formula is C15H27IN4OS. The second-order valence-corrected chi connectivity index (χ2v) is 7.86. The normalized spacial score (nSPS) is 18.0. The Morgan fingerprint density at radius 1 is 1.45 bits per heavy atom. The van der Waals surface area contributed by atoms with Crippen LogP contribution in [0.4, 0.5) is 0 Å². The molecule has 0 bridgehead atoms. The molecule has 1 saturated heterocycles. The van der Waals surface area contributed by atoms with Crippen molar-refractivity contribution < 1.29 is 4.52 Å². The van der Waals surface area contributed by atoms with E-state index >= 15 is 0 Å². The first-order chi connectivity index (χ1) is 9.93. The van der Waals surface area contributed by atoms with E-state index in [4.69, 9.17) is 4.52 Å². The van der Waals surface area contributed by atoms with Crippen LogP contribution in [-0.2, 0) is 6.42 Å². The zero-order valence-corrected chi connectivity index (χ0v) is 17.2. The fourth-order valence-electron chi connectivity index (χ4n) is 2.69. The van der Waals surface area contributed by atoms with Crippen molar-refractivity contribution in [2.24, 2.45) is 4.99 Å². The number of nitrogens with one attached hydrogen (secondary N) is 1. The Labute approximate surface area is 154 Å². The van der Waals surface area contributed by atoms with Gasteiger partial charge in [0, 0.05) is 42.7 Å². The van der Waals surface area contributed by atoms with Crippen molar-refractivity contribution in [3.05, 3.63) is 17.0 Å². The Morgan fingerprint density at radius 3 is 2.73 bits per heavy atom. The minimum Gasteiger partial charge on any atom is -0.361 e. The van der Waals surface area contributed by atoms with Crippen LogP contribution in [0.2, 0.25) is 0 Å². The molecule has 1 N–H and O–H groups in total. The van der Waals surface area contributed by atoms with Crippen molar-refractivity contribution in [2.45, 2.75) is 38.9 Å². The number of hydrogen-bond acceptors (Lipinski definition) is 4. The Balaban J connectivity index is 0.00000242. The summed E-state index contributed by atoms with van der Waals surface area (Å²) in [5.74, 6) is 3.06. The first kappa shape index (κ1) is 19.6. The number of nitrogens with zero attached hydrogens (tertiary/aromatic N) is 3. The molecule has 0 radical (unpaired) electrons. The van der Waals surface area contributed by atoms with Gasteiger partial charge in [-0.05, 0) is 34.1 Å². The molecule has 1 aromatic rings. The minimum atomic E-state index is 0. The maximum Gasteiger partial charge on any atom is 0.193 e. The third kappa shape index (κ3) is 5.04. The molecule has 5 nitrogen and oxygen atoms in total. The van der Waals surface area contributed by atoms with Gasteiger partial charge in [0.15, 0.2) is 5.96 Å². The third-order valence-electron chi connectivity index (χ3n) is 3.78. The molecule has 1 aliphatic rings. The summed E-state index contributed by atoms with van der Waals surface area (Å²) in [5.41, 5.74) is 2.19. The number of aryl methyl sites for hydroxylation is 2. The van der Waals surface area contributed by atoms with Gasteiger partial charge in [-0.25, -0.2) is 0 Å². The molecule has 0 atom stereocenters. The van der Waals surface area contributed by atoms with Crippen LogP contribution >= 0.6 is 35.7 Å². The third-order valence-corrected chi connectivity index (χ3v) is 5.07. The average molecular weight is 438 g/mol. The largest absolute Gasteiger partial charge is 0.361 e. The van der Waals surface area contributed by atoms with Crippen LogP contribution in [0.15, 0.2) is 9.52 Å². The summed E-state index contributed by atoms with van der Waals surface area (Å²) in [5, 5.41) is 7.46. The molecule has 0 aliphatic carbocycles. The number of thioether (sulfide) groups is 1. The Kier molecular flexibility index (Phi) is 7.51. The van der Waals surface area contributed by atoms with E-state index in [9.17, 15) is 0 Å². The van der Waals surface area contributed by atoms with E-state index in [-0.39, 0.29) is 28.7 Å². The molecule has 2 heterocycles.